The summed E-state index contributed by atoms with van der Waals surface area (Å²) < 4.78 is 22.6. The van der Waals surface area contributed by atoms with Gasteiger partial charge in [-0.25, -0.2) is 8.42 Å². The van der Waals surface area contributed by atoms with Crippen molar-refractivity contribution >= 4 is 9.84 Å². The smallest absolute Gasteiger partial charge is 0.150 e. The fraction of sp³-hybridized carbons (Fsp3) is 1.00. The van der Waals surface area contributed by atoms with Gasteiger partial charge in [0.2, 0.25) is 0 Å². The monoisotopic (exact) mass is 206 g/mol. The minimum atomic E-state index is -2.81. The van der Waals surface area contributed by atoms with Gasteiger partial charge in [-0.2, -0.15) is 0 Å². The van der Waals surface area contributed by atoms with Crippen LogP contribution in [0.2, 0.25) is 0 Å². The lowest BCUT2D eigenvalue weighted by molar-refractivity contribution is 0.172. The molecule has 78 valence electrons. The molecule has 2 unspecified atom stereocenters. The molecule has 0 bridgehead atoms. The maximum absolute atomic E-state index is 11.3. The van der Waals surface area contributed by atoms with Crippen LogP contribution in [0.5, 0.6) is 0 Å². The number of hydrogen-bond acceptors (Lipinski definition) is 3. The van der Waals surface area contributed by atoms with Gasteiger partial charge >= 0.3 is 0 Å². The molecule has 1 aliphatic heterocycles. The topological polar surface area (TPSA) is 54.4 Å². The number of hydrogen-bond donors (Lipinski definition) is 1. The number of aliphatic hydroxyl groups excluding tert-OH is 1. The molecule has 13 heavy (non-hydrogen) atoms. The van der Waals surface area contributed by atoms with Crippen LogP contribution in [0.4, 0.5) is 0 Å². The zero-order valence-electron chi connectivity index (χ0n) is 8.07. The molecule has 1 rings (SSSR count). The zero-order valence-corrected chi connectivity index (χ0v) is 8.89. The van der Waals surface area contributed by atoms with Crippen molar-refractivity contribution in [2.24, 2.45) is 11.8 Å². The molecule has 1 aliphatic rings. The zero-order chi connectivity index (χ0) is 9.90. The fourth-order valence-electron chi connectivity index (χ4n) is 2.04. The van der Waals surface area contributed by atoms with Crippen LogP contribution in [-0.4, -0.2) is 31.6 Å². The van der Waals surface area contributed by atoms with E-state index in [4.69, 9.17) is 5.11 Å². The number of rotatable bonds is 3. The Hall–Kier alpha value is -0.0900. The first-order valence-electron chi connectivity index (χ1n) is 4.90. The van der Waals surface area contributed by atoms with Gasteiger partial charge in [-0.1, -0.05) is 13.3 Å². The Labute approximate surface area is 80.1 Å². The molecule has 2 atom stereocenters. The van der Waals surface area contributed by atoms with Crippen LogP contribution in [0.25, 0.3) is 0 Å². The summed E-state index contributed by atoms with van der Waals surface area (Å²) in [6, 6.07) is 0. The second-order valence-electron chi connectivity index (χ2n) is 3.87. The number of aliphatic hydroxyl groups is 1. The standard InChI is InChI=1S/C9H18O3S/c1-2-8(6-10)9-4-3-5-13(11,12)7-9/h8-10H,2-7H2,1H3. The van der Waals surface area contributed by atoms with Crippen LogP contribution < -0.4 is 0 Å². The number of sulfone groups is 1. The predicted molar refractivity (Wildman–Crippen MR) is 52.2 cm³/mol. The van der Waals surface area contributed by atoms with Gasteiger partial charge < -0.3 is 5.11 Å². The van der Waals surface area contributed by atoms with Crippen LogP contribution in [-0.2, 0) is 9.84 Å². The second kappa shape index (κ2) is 4.42. The highest BCUT2D eigenvalue weighted by molar-refractivity contribution is 7.91. The van der Waals surface area contributed by atoms with Gasteiger partial charge in [0.1, 0.15) is 0 Å². The van der Waals surface area contributed by atoms with E-state index >= 15 is 0 Å². The summed E-state index contributed by atoms with van der Waals surface area (Å²) in [5.74, 6) is 0.987. The molecule has 0 spiro atoms. The molecule has 0 aliphatic carbocycles. The highest BCUT2D eigenvalue weighted by Crippen LogP contribution is 2.27. The second-order valence-corrected chi connectivity index (χ2v) is 6.10. The molecule has 1 saturated heterocycles. The Balaban J connectivity index is 2.60. The molecule has 4 heteroatoms. The van der Waals surface area contributed by atoms with E-state index in [-0.39, 0.29) is 24.2 Å². The van der Waals surface area contributed by atoms with E-state index < -0.39 is 9.84 Å². The van der Waals surface area contributed by atoms with E-state index in [1.54, 1.807) is 0 Å². The largest absolute Gasteiger partial charge is 0.396 e. The summed E-state index contributed by atoms with van der Waals surface area (Å²) in [6.07, 6.45) is 2.60. The molecule has 0 aromatic heterocycles. The first kappa shape index (κ1) is 11.0. The Morgan fingerprint density at radius 2 is 2.23 bits per heavy atom. The highest BCUT2D eigenvalue weighted by atomic mass is 32.2. The Kier molecular flexibility index (Phi) is 3.74. The van der Waals surface area contributed by atoms with E-state index in [0.29, 0.717) is 5.75 Å². The molecule has 0 amide bonds. The van der Waals surface area contributed by atoms with E-state index in [0.717, 1.165) is 19.3 Å². The molecule has 0 radical (unpaired) electrons. The Bertz CT molecular complexity index is 242. The highest BCUT2D eigenvalue weighted by Gasteiger charge is 2.29. The van der Waals surface area contributed by atoms with Crippen LogP contribution in [0.15, 0.2) is 0 Å². The van der Waals surface area contributed by atoms with Gasteiger partial charge in [0, 0.05) is 6.61 Å². The minimum Gasteiger partial charge on any atom is -0.396 e. The fourth-order valence-corrected chi connectivity index (χ4v) is 3.91. The summed E-state index contributed by atoms with van der Waals surface area (Å²) in [5, 5.41) is 9.05. The third-order valence-electron chi connectivity index (χ3n) is 2.92. The molecule has 1 heterocycles. The summed E-state index contributed by atoms with van der Waals surface area (Å²) >= 11 is 0. The predicted octanol–water partition coefficient (Wildman–Crippen LogP) is 0.830. The van der Waals surface area contributed by atoms with Crippen molar-refractivity contribution in [3.05, 3.63) is 0 Å². The lowest BCUT2D eigenvalue weighted by Gasteiger charge is -2.27. The summed E-state index contributed by atoms with van der Waals surface area (Å²) in [7, 11) is -2.81. The average molecular weight is 206 g/mol. The van der Waals surface area contributed by atoms with Crippen molar-refractivity contribution in [3.8, 4) is 0 Å². The summed E-state index contributed by atoms with van der Waals surface area (Å²) in [6.45, 7) is 2.12. The van der Waals surface area contributed by atoms with Gasteiger partial charge in [0.15, 0.2) is 9.84 Å². The van der Waals surface area contributed by atoms with Crippen LogP contribution in [0.3, 0.4) is 0 Å². The SMILES string of the molecule is CCC(CO)C1CCCS(=O)(=O)C1. The Morgan fingerprint density at radius 1 is 1.54 bits per heavy atom. The normalized spacial score (nSPS) is 29.8. The third-order valence-corrected chi connectivity index (χ3v) is 4.77. The van der Waals surface area contributed by atoms with Gasteiger partial charge in [0.25, 0.3) is 0 Å². The molecule has 0 aromatic rings. The maximum atomic E-state index is 11.3. The van der Waals surface area contributed by atoms with Crippen molar-refractivity contribution < 1.29 is 13.5 Å². The van der Waals surface area contributed by atoms with Crippen LogP contribution >= 0.6 is 0 Å². The molecule has 0 saturated carbocycles. The molecule has 0 aromatic carbocycles. The van der Waals surface area contributed by atoms with Crippen molar-refractivity contribution in [1.29, 1.82) is 0 Å². The maximum Gasteiger partial charge on any atom is 0.150 e. The first-order valence-corrected chi connectivity index (χ1v) is 6.72. The average Bonchev–Trinajstić information content (AvgIpc) is 2.05. The molecular weight excluding hydrogens is 188 g/mol. The van der Waals surface area contributed by atoms with Gasteiger partial charge in [-0.3, -0.25) is 0 Å². The third kappa shape index (κ3) is 2.95. The van der Waals surface area contributed by atoms with Crippen molar-refractivity contribution in [1.82, 2.24) is 0 Å². The van der Waals surface area contributed by atoms with Crippen molar-refractivity contribution in [2.45, 2.75) is 26.2 Å². The first-order chi connectivity index (χ1) is 6.09. The van der Waals surface area contributed by atoms with Crippen LogP contribution in [0.1, 0.15) is 26.2 Å². The molecule has 3 nitrogen and oxygen atoms in total. The Morgan fingerprint density at radius 3 is 2.69 bits per heavy atom. The quantitative estimate of drug-likeness (QED) is 0.744. The minimum absolute atomic E-state index is 0.122. The van der Waals surface area contributed by atoms with Gasteiger partial charge in [-0.15, -0.1) is 0 Å². The lowest BCUT2D eigenvalue weighted by Crippen LogP contribution is -2.31. The van der Waals surface area contributed by atoms with Gasteiger partial charge in [0.05, 0.1) is 11.5 Å². The molecule has 1 fully saturated rings. The summed E-state index contributed by atoms with van der Waals surface area (Å²) in [5.41, 5.74) is 0. The molecular formula is C9H18O3S. The van der Waals surface area contributed by atoms with Crippen LogP contribution in [0, 0.1) is 11.8 Å². The summed E-state index contributed by atoms with van der Waals surface area (Å²) in [4.78, 5) is 0. The van der Waals surface area contributed by atoms with Gasteiger partial charge in [-0.05, 0) is 24.7 Å². The van der Waals surface area contributed by atoms with E-state index in [1.807, 2.05) is 6.92 Å². The van der Waals surface area contributed by atoms with E-state index in [9.17, 15) is 8.42 Å². The van der Waals surface area contributed by atoms with Crippen molar-refractivity contribution in [3.63, 3.8) is 0 Å². The van der Waals surface area contributed by atoms with E-state index in [2.05, 4.69) is 0 Å². The molecule has 1 N–H and O–H groups in total. The van der Waals surface area contributed by atoms with Crippen molar-refractivity contribution in [2.75, 3.05) is 18.1 Å². The van der Waals surface area contributed by atoms with E-state index in [1.165, 1.54) is 0 Å². The lowest BCUT2D eigenvalue weighted by atomic mass is 9.88.